The third kappa shape index (κ3) is 4.16. The second-order valence-electron chi connectivity index (χ2n) is 6.89. The molecule has 0 spiro atoms. The number of hydrogen-bond donors (Lipinski definition) is 2. The standard InChI is InChI=1S/C18H22FN3O2/c1-18(11-20,13-4-5-13)22-17(23)9-21-15-7-6-14(19)8-16(15)24-10-12-2-3-12/h6-8,12-13,21H,2-5,9-10H2,1H3,(H,22,23). The van der Waals surface area contributed by atoms with Gasteiger partial charge in [0.1, 0.15) is 17.1 Å². The molecule has 0 heterocycles. The molecule has 2 aliphatic rings. The predicted molar refractivity (Wildman–Crippen MR) is 88.0 cm³/mol. The molecular formula is C18H22FN3O2. The molecule has 0 saturated heterocycles. The van der Waals surface area contributed by atoms with E-state index >= 15 is 0 Å². The molecule has 128 valence electrons. The van der Waals surface area contributed by atoms with Crippen molar-refractivity contribution in [1.29, 1.82) is 5.26 Å². The lowest BCUT2D eigenvalue weighted by Crippen LogP contribution is -2.48. The van der Waals surface area contributed by atoms with Crippen LogP contribution in [0.2, 0.25) is 0 Å². The average Bonchev–Trinajstić information content (AvgIpc) is 3.44. The van der Waals surface area contributed by atoms with Crippen LogP contribution in [0.5, 0.6) is 5.75 Å². The molecule has 1 unspecified atom stereocenters. The fourth-order valence-electron chi connectivity index (χ4n) is 2.65. The first-order valence-electron chi connectivity index (χ1n) is 8.38. The number of nitrogens with one attached hydrogen (secondary N) is 2. The smallest absolute Gasteiger partial charge is 0.240 e. The van der Waals surface area contributed by atoms with Crippen molar-refractivity contribution in [2.45, 2.75) is 38.1 Å². The summed E-state index contributed by atoms with van der Waals surface area (Å²) in [7, 11) is 0. The molecule has 0 bridgehead atoms. The van der Waals surface area contributed by atoms with Crippen LogP contribution in [0, 0.1) is 29.0 Å². The third-order valence-corrected chi connectivity index (χ3v) is 4.58. The van der Waals surface area contributed by atoms with Crippen molar-refractivity contribution in [3.8, 4) is 11.8 Å². The monoisotopic (exact) mass is 331 g/mol. The van der Waals surface area contributed by atoms with E-state index in [1.807, 2.05) is 0 Å². The molecule has 5 nitrogen and oxygen atoms in total. The van der Waals surface area contributed by atoms with Gasteiger partial charge in [-0.3, -0.25) is 4.79 Å². The summed E-state index contributed by atoms with van der Waals surface area (Å²) >= 11 is 0. The molecule has 2 aliphatic carbocycles. The zero-order valence-electron chi connectivity index (χ0n) is 13.8. The Morgan fingerprint density at radius 1 is 1.42 bits per heavy atom. The number of carbonyl (C=O) groups is 1. The molecule has 1 aromatic rings. The molecule has 2 N–H and O–H groups in total. The van der Waals surface area contributed by atoms with Crippen LogP contribution < -0.4 is 15.4 Å². The highest BCUT2D eigenvalue weighted by Gasteiger charge is 2.42. The van der Waals surface area contributed by atoms with Gasteiger partial charge in [-0.05, 0) is 56.6 Å². The Morgan fingerprint density at radius 3 is 2.79 bits per heavy atom. The van der Waals surface area contributed by atoms with Gasteiger partial charge < -0.3 is 15.4 Å². The van der Waals surface area contributed by atoms with Crippen LogP contribution in [0.1, 0.15) is 32.6 Å². The van der Waals surface area contributed by atoms with Crippen LogP contribution >= 0.6 is 0 Å². The normalized spacial score (nSPS) is 19.0. The second-order valence-corrected chi connectivity index (χ2v) is 6.89. The van der Waals surface area contributed by atoms with Gasteiger partial charge in [-0.1, -0.05) is 0 Å². The van der Waals surface area contributed by atoms with Gasteiger partial charge in [-0.2, -0.15) is 5.26 Å². The molecule has 6 heteroatoms. The maximum atomic E-state index is 13.4. The molecule has 0 radical (unpaired) electrons. The molecular weight excluding hydrogens is 309 g/mol. The van der Waals surface area contributed by atoms with Gasteiger partial charge in [0, 0.05) is 6.07 Å². The van der Waals surface area contributed by atoms with Crippen LogP contribution in [-0.2, 0) is 4.79 Å². The van der Waals surface area contributed by atoms with Gasteiger partial charge in [-0.25, -0.2) is 4.39 Å². The highest BCUT2D eigenvalue weighted by molar-refractivity contribution is 5.82. The molecule has 2 saturated carbocycles. The topological polar surface area (TPSA) is 74.2 Å². The zero-order chi connectivity index (χ0) is 17.2. The largest absolute Gasteiger partial charge is 0.491 e. The maximum Gasteiger partial charge on any atom is 0.240 e. The number of benzene rings is 1. The van der Waals surface area contributed by atoms with Crippen LogP contribution in [0.15, 0.2) is 18.2 Å². The minimum atomic E-state index is -0.813. The lowest BCUT2D eigenvalue weighted by atomic mass is 9.98. The van der Waals surface area contributed by atoms with Crippen LogP contribution in [-0.4, -0.2) is 24.6 Å². The van der Waals surface area contributed by atoms with Crippen molar-refractivity contribution in [2.24, 2.45) is 11.8 Å². The quantitative estimate of drug-likeness (QED) is 0.768. The van der Waals surface area contributed by atoms with E-state index in [0.717, 1.165) is 25.7 Å². The molecule has 1 atom stereocenters. The SMILES string of the molecule is CC(C#N)(NC(=O)CNc1ccc(F)cc1OCC1CC1)C1CC1. The van der Waals surface area contributed by atoms with E-state index in [1.165, 1.54) is 12.1 Å². The highest BCUT2D eigenvalue weighted by Crippen LogP contribution is 2.39. The van der Waals surface area contributed by atoms with Crippen LogP contribution in [0.3, 0.4) is 0 Å². The molecule has 3 rings (SSSR count). The first-order chi connectivity index (χ1) is 11.5. The van der Waals surface area contributed by atoms with Gasteiger partial charge in [0.15, 0.2) is 0 Å². The number of nitrogens with zero attached hydrogens (tertiary/aromatic N) is 1. The number of ether oxygens (including phenoxy) is 1. The Balaban J connectivity index is 1.57. The zero-order valence-corrected chi connectivity index (χ0v) is 13.8. The Labute approximate surface area is 141 Å². The minimum absolute atomic E-state index is 0.00934. The average molecular weight is 331 g/mol. The lowest BCUT2D eigenvalue weighted by Gasteiger charge is -2.23. The number of halogens is 1. The maximum absolute atomic E-state index is 13.4. The van der Waals surface area contributed by atoms with E-state index in [-0.39, 0.29) is 24.2 Å². The number of rotatable bonds is 8. The van der Waals surface area contributed by atoms with E-state index in [4.69, 9.17) is 4.74 Å². The van der Waals surface area contributed by atoms with E-state index in [9.17, 15) is 14.4 Å². The highest BCUT2D eigenvalue weighted by atomic mass is 19.1. The van der Waals surface area contributed by atoms with Gasteiger partial charge in [-0.15, -0.1) is 0 Å². The summed E-state index contributed by atoms with van der Waals surface area (Å²) in [4.78, 5) is 12.1. The molecule has 0 aromatic heterocycles. The number of hydrogen-bond acceptors (Lipinski definition) is 4. The second kappa shape index (κ2) is 6.68. The summed E-state index contributed by atoms with van der Waals surface area (Å²) in [5.41, 5.74) is -0.232. The summed E-state index contributed by atoms with van der Waals surface area (Å²) in [6, 6.07) is 6.41. The third-order valence-electron chi connectivity index (χ3n) is 4.58. The number of carbonyl (C=O) groups excluding carboxylic acids is 1. The van der Waals surface area contributed by atoms with E-state index in [0.29, 0.717) is 24.0 Å². The Kier molecular flexibility index (Phi) is 4.61. The summed E-state index contributed by atoms with van der Waals surface area (Å²) < 4.78 is 19.1. The van der Waals surface area contributed by atoms with Gasteiger partial charge >= 0.3 is 0 Å². The number of nitriles is 1. The van der Waals surface area contributed by atoms with Crippen molar-refractivity contribution < 1.29 is 13.9 Å². The first kappa shape index (κ1) is 16.6. The fourth-order valence-corrected chi connectivity index (χ4v) is 2.65. The van der Waals surface area contributed by atoms with Crippen molar-refractivity contribution in [3.05, 3.63) is 24.0 Å². The van der Waals surface area contributed by atoms with Crippen molar-refractivity contribution in [3.63, 3.8) is 0 Å². The van der Waals surface area contributed by atoms with E-state index < -0.39 is 5.54 Å². The summed E-state index contributed by atoms with van der Waals surface area (Å²) in [6.07, 6.45) is 4.23. The summed E-state index contributed by atoms with van der Waals surface area (Å²) in [5.74, 6) is 0.568. The Morgan fingerprint density at radius 2 is 2.17 bits per heavy atom. The minimum Gasteiger partial charge on any atom is -0.491 e. The van der Waals surface area contributed by atoms with Crippen LogP contribution in [0.25, 0.3) is 0 Å². The number of amides is 1. The summed E-state index contributed by atoms with van der Waals surface area (Å²) in [5, 5.41) is 15.1. The molecule has 2 fully saturated rings. The van der Waals surface area contributed by atoms with E-state index in [2.05, 4.69) is 16.7 Å². The molecule has 24 heavy (non-hydrogen) atoms. The summed E-state index contributed by atoms with van der Waals surface area (Å²) in [6.45, 7) is 2.33. The van der Waals surface area contributed by atoms with Crippen molar-refractivity contribution >= 4 is 11.6 Å². The number of anilines is 1. The Hall–Kier alpha value is -2.29. The van der Waals surface area contributed by atoms with Crippen LogP contribution in [0.4, 0.5) is 10.1 Å². The Bertz CT molecular complexity index is 665. The van der Waals surface area contributed by atoms with Crippen molar-refractivity contribution in [2.75, 3.05) is 18.5 Å². The molecule has 0 aliphatic heterocycles. The van der Waals surface area contributed by atoms with Gasteiger partial charge in [0.25, 0.3) is 0 Å². The molecule has 1 amide bonds. The fraction of sp³-hybridized carbons (Fsp3) is 0.556. The van der Waals surface area contributed by atoms with Gasteiger partial charge in [0.2, 0.25) is 5.91 Å². The van der Waals surface area contributed by atoms with E-state index in [1.54, 1.807) is 13.0 Å². The lowest BCUT2D eigenvalue weighted by molar-refractivity contribution is -0.120. The predicted octanol–water partition coefficient (Wildman–Crippen LogP) is 2.83. The molecule has 1 aromatic carbocycles. The first-order valence-corrected chi connectivity index (χ1v) is 8.38. The van der Waals surface area contributed by atoms with Crippen molar-refractivity contribution in [1.82, 2.24) is 5.32 Å². The van der Waals surface area contributed by atoms with Gasteiger partial charge in [0.05, 0.1) is 24.9 Å².